The van der Waals surface area contributed by atoms with E-state index in [4.69, 9.17) is 9.47 Å². The van der Waals surface area contributed by atoms with Gasteiger partial charge in [0.2, 0.25) is 0 Å². The Balaban J connectivity index is 2.43. The van der Waals surface area contributed by atoms with Gasteiger partial charge in [-0.15, -0.1) is 0 Å². The van der Waals surface area contributed by atoms with Crippen LogP contribution in [0.4, 0.5) is 0 Å². The molecule has 0 amide bonds. The molecule has 20 heavy (non-hydrogen) atoms. The lowest BCUT2D eigenvalue weighted by Crippen LogP contribution is -2.00. The topological polar surface area (TPSA) is 38.7 Å². The average Bonchev–Trinajstić information content (AvgIpc) is 2.41. The van der Waals surface area contributed by atoms with Gasteiger partial charge in [0.05, 0.1) is 23.2 Å². The first kappa shape index (κ1) is 15.4. The fourth-order valence-electron chi connectivity index (χ4n) is 1.88. The summed E-state index contributed by atoms with van der Waals surface area (Å²) in [5.74, 6) is 1.84. The van der Waals surface area contributed by atoms with Crippen LogP contribution in [0.1, 0.15) is 18.6 Å². The molecule has 2 aromatic rings. The minimum Gasteiger partial charge on any atom is -0.496 e. The maximum atomic E-state index is 9.93. The lowest BCUT2D eigenvalue weighted by molar-refractivity contribution is 0.190. The van der Waals surface area contributed by atoms with E-state index < -0.39 is 6.10 Å². The Labute approximate surface area is 134 Å². The molecule has 0 radical (unpaired) electrons. The van der Waals surface area contributed by atoms with Crippen molar-refractivity contribution >= 4 is 31.9 Å². The number of aliphatic hydroxyl groups is 1. The largest absolute Gasteiger partial charge is 0.496 e. The van der Waals surface area contributed by atoms with Crippen molar-refractivity contribution < 1.29 is 14.6 Å². The van der Waals surface area contributed by atoms with Crippen molar-refractivity contribution in [2.45, 2.75) is 13.0 Å². The summed E-state index contributed by atoms with van der Waals surface area (Å²) in [6, 6.07) is 11.1. The fraction of sp³-hybridized carbons (Fsp3) is 0.200. The maximum Gasteiger partial charge on any atom is 0.141 e. The van der Waals surface area contributed by atoms with Gasteiger partial charge in [0.15, 0.2) is 0 Å². The van der Waals surface area contributed by atoms with Crippen molar-refractivity contribution in [3.05, 3.63) is 50.9 Å². The third-order valence-electron chi connectivity index (χ3n) is 2.78. The summed E-state index contributed by atoms with van der Waals surface area (Å²) < 4.78 is 12.9. The molecule has 0 bridgehead atoms. The second-order valence-electron chi connectivity index (χ2n) is 4.22. The predicted molar refractivity (Wildman–Crippen MR) is 85.5 cm³/mol. The summed E-state index contributed by atoms with van der Waals surface area (Å²) >= 11 is 6.85. The zero-order valence-electron chi connectivity index (χ0n) is 11.1. The number of aliphatic hydroxyl groups excluding tert-OH is 1. The highest BCUT2D eigenvalue weighted by atomic mass is 79.9. The summed E-state index contributed by atoms with van der Waals surface area (Å²) in [6.07, 6.45) is -0.685. The first-order chi connectivity index (χ1) is 9.52. The number of halogens is 2. The van der Waals surface area contributed by atoms with Gasteiger partial charge in [-0.05, 0) is 53.2 Å². The highest BCUT2D eigenvalue weighted by molar-refractivity contribution is 9.11. The molecular weight excluding hydrogens is 388 g/mol. The molecule has 2 rings (SSSR count). The standard InChI is InChI=1S/C15H14Br2O3/c1-9(18)15-13(19-2)4-3-5-14(15)20-12-7-6-10(16)8-11(12)17/h3-9,18H,1-2H3/t9-/m1/s1. The average molecular weight is 402 g/mol. The molecule has 0 unspecified atom stereocenters. The fourth-order valence-corrected chi connectivity index (χ4v) is 3.01. The smallest absolute Gasteiger partial charge is 0.141 e. The molecule has 0 saturated carbocycles. The van der Waals surface area contributed by atoms with E-state index in [0.29, 0.717) is 22.8 Å². The van der Waals surface area contributed by atoms with Crippen LogP contribution < -0.4 is 9.47 Å². The van der Waals surface area contributed by atoms with E-state index in [1.165, 1.54) is 0 Å². The molecule has 0 aliphatic carbocycles. The number of hydrogen-bond donors (Lipinski definition) is 1. The minimum atomic E-state index is -0.685. The Kier molecular flexibility index (Phi) is 5.07. The van der Waals surface area contributed by atoms with Crippen molar-refractivity contribution in [2.24, 2.45) is 0 Å². The van der Waals surface area contributed by atoms with Crippen LogP contribution in [0.5, 0.6) is 17.2 Å². The Hall–Kier alpha value is -1.04. The molecule has 0 saturated heterocycles. The van der Waals surface area contributed by atoms with E-state index in [0.717, 1.165) is 8.95 Å². The van der Waals surface area contributed by atoms with Crippen LogP contribution in [0, 0.1) is 0 Å². The van der Waals surface area contributed by atoms with Crippen LogP contribution in [-0.4, -0.2) is 12.2 Å². The normalized spacial score (nSPS) is 12.1. The van der Waals surface area contributed by atoms with Crippen molar-refractivity contribution in [3.63, 3.8) is 0 Å². The number of methoxy groups -OCH3 is 1. The van der Waals surface area contributed by atoms with Gasteiger partial charge in [-0.1, -0.05) is 22.0 Å². The van der Waals surface area contributed by atoms with Gasteiger partial charge in [0.25, 0.3) is 0 Å². The Morgan fingerprint density at radius 3 is 2.35 bits per heavy atom. The number of benzene rings is 2. The minimum absolute atomic E-state index is 0.572. The Bertz CT molecular complexity index is 612. The Morgan fingerprint density at radius 2 is 1.75 bits per heavy atom. The first-order valence-corrected chi connectivity index (χ1v) is 7.59. The highest BCUT2D eigenvalue weighted by Crippen LogP contribution is 2.39. The summed E-state index contributed by atoms with van der Waals surface area (Å²) in [7, 11) is 1.57. The van der Waals surface area contributed by atoms with Crippen LogP contribution in [0.3, 0.4) is 0 Å². The molecule has 0 aliphatic heterocycles. The van der Waals surface area contributed by atoms with Crippen LogP contribution in [0.25, 0.3) is 0 Å². The van der Waals surface area contributed by atoms with Crippen molar-refractivity contribution in [2.75, 3.05) is 7.11 Å². The van der Waals surface area contributed by atoms with Gasteiger partial charge >= 0.3 is 0 Å². The van der Waals surface area contributed by atoms with E-state index in [1.54, 1.807) is 26.2 Å². The summed E-state index contributed by atoms with van der Waals surface area (Å²) in [4.78, 5) is 0. The lowest BCUT2D eigenvalue weighted by atomic mass is 10.1. The predicted octanol–water partition coefficient (Wildman–Crippen LogP) is 5.07. The SMILES string of the molecule is COc1cccc(Oc2ccc(Br)cc2Br)c1[C@@H](C)O. The van der Waals surface area contributed by atoms with Crippen molar-refractivity contribution in [1.29, 1.82) is 0 Å². The number of hydrogen-bond acceptors (Lipinski definition) is 3. The monoisotopic (exact) mass is 400 g/mol. The molecule has 106 valence electrons. The van der Waals surface area contributed by atoms with Gasteiger partial charge < -0.3 is 14.6 Å². The van der Waals surface area contributed by atoms with Gasteiger partial charge in [0, 0.05) is 4.47 Å². The van der Waals surface area contributed by atoms with Crippen molar-refractivity contribution in [3.8, 4) is 17.2 Å². The molecule has 0 spiro atoms. The zero-order valence-corrected chi connectivity index (χ0v) is 14.2. The van der Waals surface area contributed by atoms with Crippen LogP contribution in [0.2, 0.25) is 0 Å². The van der Waals surface area contributed by atoms with E-state index >= 15 is 0 Å². The van der Waals surface area contributed by atoms with E-state index in [2.05, 4.69) is 31.9 Å². The van der Waals surface area contributed by atoms with E-state index in [1.807, 2.05) is 24.3 Å². The highest BCUT2D eigenvalue weighted by Gasteiger charge is 2.16. The zero-order chi connectivity index (χ0) is 14.7. The third-order valence-corrected chi connectivity index (χ3v) is 3.89. The Morgan fingerprint density at radius 1 is 1.05 bits per heavy atom. The second-order valence-corrected chi connectivity index (χ2v) is 5.99. The first-order valence-electron chi connectivity index (χ1n) is 6.00. The van der Waals surface area contributed by atoms with E-state index in [9.17, 15) is 5.11 Å². The molecule has 1 N–H and O–H groups in total. The number of ether oxygens (including phenoxy) is 2. The van der Waals surface area contributed by atoms with Crippen molar-refractivity contribution in [1.82, 2.24) is 0 Å². The molecule has 0 fully saturated rings. The molecule has 0 aliphatic rings. The summed E-state index contributed by atoms with van der Waals surface area (Å²) in [6.45, 7) is 1.68. The summed E-state index contributed by atoms with van der Waals surface area (Å²) in [5, 5.41) is 9.93. The quantitative estimate of drug-likeness (QED) is 0.777. The molecular formula is C15H14Br2O3. The van der Waals surface area contributed by atoms with Gasteiger partial charge in [-0.25, -0.2) is 0 Å². The molecule has 0 heterocycles. The molecule has 5 heteroatoms. The molecule has 2 aromatic carbocycles. The van der Waals surface area contributed by atoms with E-state index in [-0.39, 0.29) is 0 Å². The number of rotatable bonds is 4. The molecule has 0 aromatic heterocycles. The molecule has 3 nitrogen and oxygen atoms in total. The van der Waals surface area contributed by atoms with Crippen LogP contribution in [-0.2, 0) is 0 Å². The molecule has 1 atom stereocenters. The maximum absolute atomic E-state index is 9.93. The third kappa shape index (κ3) is 3.34. The van der Waals surface area contributed by atoms with Crippen LogP contribution in [0.15, 0.2) is 45.3 Å². The van der Waals surface area contributed by atoms with Gasteiger partial charge in [-0.3, -0.25) is 0 Å². The summed E-state index contributed by atoms with van der Waals surface area (Å²) in [5.41, 5.74) is 0.629. The lowest BCUT2D eigenvalue weighted by Gasteiger charge is -2.17. The van der Waals surface area contributed by atoms with Gasteiger partial charge in [-0.2, -0.15) is 0 Å². The second kappa shape index (κ2) is 6.61. The van der Waals surface area contributed by atoms with Gasteiger partial charge in [0.1, 0.15) is 17.2 Å². The van der Waals surface area contributed by atoms with Crippen LogP contribution >= 0.6 is 31.9 Å².